The average molecular weight is 503 g/mol. The molecule has 0 fully saturated rings. The highest BCUT2D eigenvalue weighted by Gasteiger charge is 2.16. The molecule has 2 amide bonds. The summed E-state index contributed by atoms with van der Waals surface area (Å²) in [5.41, 5.74) is 5.24. The summed E-state index contributed by atoms with van der Waals surface area (Å²) in [5.74, 6) is 0.373. The third-order valence-corrected chi connectivity index (χ3v) is 6.06. The SMILES string of the molecule is CNC(=O)c1cccc(Cn2nc(C)c(NC(=O)c3ccc(COc4ccc(Cl)cc4)cc3)c2C)c1. The number of amides is 2. The van der Waals surface area contributed by atoms with Crippen LogP contribution in [0.15, 0.2) is 72.8 Å². The summed E-state index contributed by atoms with van der Waals surface area (Å²) < 4.78 is 7.59. The van der Waals surface area contributed by atoms with Crippen LogP contribution in [0.1, 0.15) is 43.2 Å². The van der Waals surface area contributed by atoms with Gasteiger partial charge in [-0.2, -0.15) is 5.10 Å². The lowest BCUT2D eigenvalue weighted by Gasteiger charge is -2.09. The van der Waals surface area contributed by atoms with Crippen molar-refractivity contribution in [3.05, 3.63) is 111 Å². The molecule has 0 aliphatic rings. The van der Waals surface area contributed by atoms with Gasteiger partial charge in [0.05, 0.1) is 23.6 Å². The van der Waals surface area contributed by atoms with Crippen LogP contribution in [0.2, 0.25) is 5.02 Å². The number of rotatable bonds is 8. The van der Waals surface area contributed by atoms with E-state index in [1.165, 1.54) is 0 Å². The van der Waals surface area contributed by atoms with E-state index in [9.17, 15) is 9.59 Å². The van der Waals surface area contributed by atoms with E-state index in [0.29, 0.717) is 35.0 Å². The molecule has 1 aromatic heterocycles. The second kappa shape index (κ2) is 11.1. The van der Waals surface area contributed by atoms with E-state index in [1.54, 1.807) is 37.4 Å². The Morgan fingerprint density at radius 3 is 2.33 bits per heavy atom. The number of hydrogen-bond acceptors (Lipinski definition) is 4. The van der Waals surface area contributed by atoms with Crippen LogP contribution in [0.5, 0.6) is 5.75 Å². The number of anilines is 1. The molecule has 4 rings (SSSR count). The summed E-state index contributed by atoms with van der Waals surface area (Å²) in [6.45, 7) is 4.64. The van der Waals surface area contributed by atoms with Gasteiger partial charge in [-0.1, -0.05) is 35.9 Å². The Morgan fingerprint density at radius 1 is 0.917 bits per heavy atom. The first-order valence-corrected chi connectivity index (χ1v) is 11.9. The van der Waals surface area contributed by atoms with E-state index >= 15 is 0 Å². The van der Waals surface area contributed by atoms with Crippen LogP contribution in [0, 0.1) is 13.8 Å². The number of aryl methyl sites for hydroxylation is 1. The highest BCUT2D eigenvalue weighted by molar-refractivity contribution is 6.30. The maximum absolute atomic E-state index is 12.9. The van der Waals surface area contributed by atoms with Gasteiger partial charge in [-0.25, -0.2) is 0 Å². The number of ether oxygens (including phenoxy) is 1. The van der Waals surface area contributed by atoms with Crippen LogP contribution in [-0.4, -0.2) is 28.6 Å². The molecule has 4 aromatic rings. The summed E-state index contributed by atoms with van der Waals surface area (Å²) in [7, 11) is 1.60. The fraction of sp³-hybridized carbons (Fsp3) is 0.179. The summed E-state index contributed by atoms with van der Waals surface area (Å²) in [4.78, 5) is 24.9. The van der Waals surface area contributed by atoms with Crippen LogP contribution in [0.25, 0.3) is 0 Å². The number of aromatic nitrogens is 2. The summed E-state index contributed by atoms with van der Waals surface area (Å²) in [6, 6.07) is 21.9. The van der Waals surface area contributed by atoms with E-state index in [4.69, 9.17) is 16.3 Å². The van der Waals surface area contributed by atoms with Gasteiger partial charge in [0, 0.05) is 23.2 Å². The lowest BCUT2D eigenvalue weighted by atomic mass is 10.1. The standard InChI is InChI=1S/C28H27ClN4O3/c1-18-26(19(2)33(32-18)16-21-5-4-6-23(15-21)27(34)30-3)31-28(35)22-9-7-20(8-10-22)17-36-25-13-11-24(29)12-14-25/h4-15H,16-17H2,1-3H3,(H,30,34)(H,31,35). The zero-order chi connectivity index (χ0) is 25.7. The monoisotopic (exact) mass is 502 g/mol. The highest BCUT2D eigenvalue weighted by Crippen LogP contribution is 2.22. The quantitative estimate of drug-likeness (QED) is 0.338. The third-order valence-electron chi connectivity index (χ3n) is 5.80. The van der Waals surface area contributed by atoms with Crippen molar-refractivity contribution >= 4 is 29.1 Å². The predicted molar refractivity (Wildman–Crippen MR) is 141 cm³/mol. The average Bonchev–Trinajstić information content (AvgIpc) is 3.15. The zero-order valence-corrected chi connectivity index (χ0v) is 21.1. The number of hydrogen-bond donors (Lipinski definition) is 2. The fourth-order valence-electron chi connectivity index (χ4n) is 3.80. The molecule has 0 saturated heterocycles. The number of nitrogens with zero attached hydrogens (tertiary/aromatic N) is 2. The fourth-order valence-corrected chi connectivity index (χ4v) is 3.92. The van der Waals surface area contributed by atoms with Crippen molar-refractivity contribution in [2.24, 2.45) is 0 Å². The minimum Gasteiger partial charge on any atom is -0.489 e. The van der Waals surface area contributed by atoms with Crippen molar-refractivity contribution in [3.8, 4) is 5.75 Å². The molecular weight excluding hydrogens is 476 g/mol. The first-order valence-electron chi connectivity index (χ1n) is 11.5. The molecule has 0 atom stereocenters. The van der Waals surface area contributed by atoms with Gasteiger partial charge in [0.2, 0.25) is 0 Å². The van der Waals surface area contributed by atoms with Gasteiger partial charge in [-0.3, -0.25) is 14.3 Å². The van der Waals surface area contributed by atoms with E-state index in [0.717, 1.165) is 28.3 Å². The highest BCUT2D eigenvalue weighted by atomic mass is 35.5. The second-order valence-electron chi connectivity index (χ2n) is 8.38. The van der Waals surface area contributed by atoms with Crippen LogP contribution >= 0.6 is 11.6 Å². The number of carbonyl (C=O) groups excluding carboxylic acids is 2. The number of halogens is 1. The largest absolute Gasteiger partial charge is 0.489 e. The molecule has 184 valence electrons. The minimum atomic E-state index is -0.215. The first-order chi connectivity index (χ1) is 17.3. The first kappa shape index (κ1) is 25.0. The molecule has 7 nitrogen and oxygen atoms in total. The Kier molecular flexibility index (Phi) is 7.71. The summed E-state index contributed by atoms with van der Waals surface area (Å²) >= 11 is 5.90. The maximum Gasteiger partial charge on any atom is 0.255 e. The zero-order valence-electron chi connectivity index (χ0n) is 20.3. The minimum absolute atomic E-state index is 0.138. The molecule has 0 radical (unpaired) electrons. The van der Waals surface area contributed by atoms with Crippen molar-refractivity contribution in [1.82, 2.24) is 15.1 Å². The van der Waals surface area contributed by atoms with Gasteiger partial charge in [0.15, 0.2) is 0 Å². The van der Waals surface area contributed by atoms with Gasteiger partial charge in [0.25, 0.3) is 11.8 Å². The maximum atomic E-state index is 12.9. The molecular formula is C28H27ClN4O3. The van der Waals surface area contributed by atoms with E-state index in [2.05, 4.69) is 15.7 Å². The van der Waals surface area contributed by atoms with Gasteiger partial charge in [-0.05, 0) is 73.5 Å². The Balaban J connectivity index is 1.41. The molecule has 36 heavy (non-hydrogen) atoms. The van der Waals surface area contributed by atoms with Crippen LogP contribution in [0.3, 0.4) is 0 Å². The molecule has 2 N–H and O–H groups in total. The lowest BCUT2D eigenvalue weighted by molar-refractivity contribution is 0.0962. The van der Waals surface area contributed by atoms with Gasteiger partial charge < -0.3 is 15.4 Å². The Bertz CT molecular complexity index is 1380. The van der Waals surface area contributed by atoms with Crippen molar-refractivity contribution in [3.63, 3.8) is 0 Å². The van der Waals surface area contributed by atoms with E-state index in [1.807, 2.05) is 61.0 Å². The summed E-state index contributed by atoms with van der Waals surface area (Å²) in [6.07, 6.45) is 0. The molecule has 1 heterocycles. The molecule has 0 aliphatic heterocycles. The molecule has 0 spiro atoms. The molecule has 0 aliphatic carbocycles. The lowest BCUT2D eigenvalue weighted by Crippen LogP contribution is -2.18. The third kappa shape index (κ3) is 5.93. The topological polar surface area (TPSA) is 85.3 Å². The summed E-state index contributed by atoms with van der Waals surface area (Å²) in [5, 5.41) is 10.9. The molecule has 0 bridgehead atoms. The second-order valence-corrected chi connectivity index (χ2v) is 8.81. The van der Waals surface area contributed by atoms with Crippen molar-refractivity contribution in [2.75, 3.05) is 12.4 Å². The van der Waals surface area contributed by atoms with Crippen molar-refractivity contribution in [1.29, 1.82) is 0 Å². The van der Waals surface area contributed by atoms with Gasteiger partial charge >= 0.3 is 0 Å². The Labute approximate surface area is 215 Å². The molecule has 3 aromatic carbocycles. The van der Waals surface area contributed by atoms with E-state index in [-0.39, 0.29) is 11.8 Å². The molecule has 8 heteroatoms. The Morgan fingerprint density at radius 2 is 1.64 bits per heavy atom. The number of nitrogens with one attached hydrogen (secondary N) is 2. The van der Waals surface area contributed by atoms with Crippen molar-refractivity contribution in [2.45, 2.75) is 27.0 Å². The van der Waals surface area contributed by atoms with Crippen LogP contribution < -0.4 is 15.4 Å². The van der Waals surface area contributed by atoms with Gasteiger partial charge in [-0.15, -0.1) is 0 Å². The number of carbonyl (C=O) groups is 2. The number of benzene rings is 3. The molecule has 0 unspecified atom stereocenters. The van der Waals surface area contributed by atoms with Crippen LogP contribution in [0.4, 0.5) is 5.69 Å². The van der Waals surface area contributed by atoms with Gasteiger partial charge in [0.1, 0.15) is 12.4 Å². The van der Waals surface area contributed by atoms with Crippen molar-refractivity contribution < 1.29 is 14.3 Å². The predicted octanol–water partition coefficient (Wildman–Crippen LogP) is 5.39. The smallest absolute Gasteiger partial charge is 0.255 e. The normalized spacial score (nSPS) is 10.7. The van der Waals surface area contributed by atoms with Crippen LogP contribution in [-0.2, 0) is 13.2 Å². The van der Waals surface area contributed by atoms with E-state index < -0.39 is 0 Å². The molecule has 0 saturated carbocycles. The Hall–Kier alpha value is -4.10.